The predicted octanol–water partition coefficient (Wildman–Crippen LogP) is 2.77. The summed E-state index contributed by atoms with van der Waals surface area (Å²) in [5, 5.41) is 7.46. The Morgan fingerprint density at radius 2 is 2.24 bits per heavy atom. The van der Waals surface area contributed by atoms with Crippen molar-refractivity contribution in [3.05, 3.63) is 11.7 Å². The monoisotopic (exact) mass is 255 g/mol. The Morgan fingerprint density at radius 3 is 2.82 bits per heavy atom. The van der Waals surface area contributed by atoms with E-state index in [-0.39, 0.29) is 10.8 Å². The van der Waals surface area contributed by atoms with E-state index in [1.54, 1.807) is 0 Å². The molecule has 2 heterocycles. The maximum atomic E-state index is 5.35. The fraction of sp³-hybridized carbons (Fsp3) is 0.833. The third kappa shape index (κ3) is 3.45. The van der Waals surface area contributed by atoms with Gasteiger partial charge in [0.05, 0.1) is 11.8 Å². The van der Waals surface area contributed by atoms with E-state index in [1.807, 2.05) is 11.8 Å². The van der Waals surface area contributed by atoms with E-state index in [0.717, 1.165) is 24.0 Å². The lowest BCUT2D eigenvalue weighted by atomic mass is 10.0. The summed E-state index contributed by atoms with van der Waals surface area (Å²) in [6, 6.07) is 0.246. The molecule has 2 atom stereocenters. The van der Waals surface area contributed by atoms with Gasteiger partial charge in [-0.1, -0.05) is 32.9 Å². The molecule has 0 saturated carbocycles. The molecule has 0 aliphatic carbocycles. The first-order chi connectivity index (χ1) is 7.96. The van der Waals surface area contributed by atoms with Crippen LogP contribution in [0.25, 0.3) is 0 Å². The maximum Gasteiger partial charge on any atom is 0.244 e. The van der Waals surface area contributed by atoms with E-state index in [2.05, 4.69) is 43.2 Å². The van der Waals surface area contributed by atoms with E-state index in [0.29, 0.717) is 5.92 Å². The average molecular weight is 255 g/mol. The summed E-state index contributed by atoms with van der Waals surface area (Å²) in [6.07, 6.45) is 1.18. The van der Waals surface area contributed by atoms with Crippen molar-refractivity contribution in [3.63, 3.8) is 0 Å². The van der Waals surface area contributed by atoms with Crippen molar-refractivity contribution in [2.45, 2.75) is 50.7 Å². The zero-order valence-corrected chi connectivity index (χ0v) is 11.8. The van der Waals surface area contributed by atoms with Crippen LogP contribution in [0.2, 0.25) is 0 Å². The minimum Gasteiger partial charge on any atom is -0.338 e. The van der Waals surface area contributed by atoms with Crippen LogP contribution in [0.5, 0.6) is 0 Å². The lowest BCUT2D eigenvalue weighted by Crippen LogP contribution is -2.16. The summed E-state index contributed by atoms with van der Waals surface area (Å²) in [6.45, 7) is 9.84. The highest BCUT2D eigenvalue weighted by atomic mass is 32.2. The molecule has 2 rings (SSSR count). The molecule has 17 heavy (non-hydrogen) atoms. The SMILES string of the molecule is CC1CCNC1c1nc(CSC(C)(C)C)no1. The van der Waals surface area contributed by atoms with Gasteiger partial charge in [0.2, 0.25) is 5.89 Å². The second-order valence-corrected chi connectivity index (χ2v) is 7.45. The summed E-state index contributed by atoms with van der Waals surface area (Å²) in [7, 11) is 0. The summed E-state index contributed by atoms with van der Waals surface area (Å²) >= 11 is 1.84. The minimum atomic E-state index is 0.236. The first-order valence-corrected chi connectivity index (χ1v) is 7.14. The summed E-state index contributed by atoms with van der Waals surface area (Å²) in [5.74, 6) is 2.95. The number of nitrogens with zero attached hydrogens (tertiary/aromatic N) is 2. The van der Waals surface area contributed by atoms with Crippen LogP contribution in [0.4, 0.5) is 0 Å². The van der Waals surface area contributed by atoms with E-state index in [9.17, 15) is 0 Å². The Bertz CT molecular complexity index is 372. The van der Waals surface area contributed by atoms with Crippen molar-refractivity contribution in [3.8, 4) is 0 Å². The van der Waals surface area contributed by atoms with Crippen molar-refractivity contribution in [2.24, 2.45) is 5.92 Å². The standard InChI is InChI=1S/C12H21N3OS/c1-8-5-6-13-10(8)11-14-9(15-16-11)7-17-12(2,3)4/h8,10,13H,5-7H2,1-4H3. The van der Waals surface area contributed by atoms with Crippen LogP contribution < -0.4 is 5.32 Å². The molecule has 0 aromatic carbocycles. The lowest BCUT2D eigenvalue weighted by Gasteiger charge is -2.15. The maximum absolute atomic E-state index is 5.35. The Morgan fingerprint density at radius 1 is 1.47 bits per heavy atom. The second kappa shape index (κ2) is 4.98. The second-order valence-electron chi connectivity index (χ2n) is 5.65. The Kier molecular flexibility index (Phi) is 3.78. The van der Waals surface area contributed by atoms with Gasteiger partial charge in [-0.15, -0.1) is 11.8 Å². The van der Waals surface area contributed by atoms with Crippen LogP contribution in [-0.4, -0.2) is 21.4 Å². The smallest absolute Gasteiger partial charge is 0.244 e. The van der Waals surface area contributed by atoms with Gasteiger partial charge in [0.15, 0.2) is 5.82 Å². The zero-order chi connectivity index (χ0) is 12.5. The molecule has 1 fully saturated rings. The third-order valence-electron chi connectivity index (χ3n) is 2.92. The molecule has 1 aliphatic rings. The summed E-state index contributed by atoms with van der Waals surface area (Å²) < 4.78 is 5.58. The van der Waals surface area contributed by atoms with Gasteiger partial charge < -0.3 is 9.84 Å². The fourth-order valence-corrected chi connectivity index (χ4v) is 2.58. The van der Waals surface area contributed by atoms with Crippen LogP contribution in [0.1, 0.15) is 51.9 Å². The molecule has 4 nitrogen and oxygen atoms in total. The molecule has 96 valence electrons. The molecular weight excluding hydrogens is 234 g/mol. The minimum absolute atomic E-state index is 0.236. The van der Waals surface area contributed by atoms with Crippen LogP contribution in [-0.2, 0) is 5.75 Å². The number of thioether (sulfide) groups is 1. The van der Waals surface area contributed by atoms with Gasteiger partial charge in [0, 0.05) is 4.75 Å². The van der Waals surface area contributed by atoms with Crippen molar-refractivity contribution in [1.82, 2.24) is 15.5 Å². The third-order valence-corrected chi connectivity index (χ3v) is 4.19. The Hall–Kier alpha value is -0.550. The molecule has 1 aromatic heterocycles. The highest BCUT2D eigenvalue weighted by Gasteiger charge is 2.29. The van der Waals surface area contributed by atoms with Crippen molar-refractivity contribution >= 4 is 11.8 Å². The van der Waals surface area contributed by atoms with Gasteiger partial charge in [0.1, 0.15) is 0 Å². The van der Waals surface area contributed by atoms with Crippen molar-refractivity contribution in [1.29, 1.82) is 0 Å². The Balaban J connectivity index is 1.96. The lowest BCUT2D eigenvalue weighted by molar-refractivity contribution is 0.317. The fourth-order valence-electron chi connectivity index (χ4n) is 1.90. The largest absolute Gasteiger partial charge is 0.338 e. The molecule has 1 N–H and O–H groups in total. The van der Waals surface area contributed by atoms with Crippen molar-refractivity contribution < 1.29 is 4.52 Å². The molecule has 5 heteroatoms. The number of hydrogen-bond acceptors (Lipinski definition) is 5. The van der Waals surface area contributed by atoms with E-state index in [4.69, 9.17) is 4.52 Å². The average Bonchev–Trinajstić information content (AvgIpc) is 2.81. The molecular formula is C12H21N3OS. The molecule has 0 radical (unpaired) electrons. The number of nitrogens with one attached hydrogen (secondary N) is 1. The number of rotatable bonds is 3. The van der Waals surface area contributed by atoms with Gasteiger partial charge in [0.25, 0.3) is 0 Å². The van der Waals surface area contributed by atoms with E-state index in [1.165, 1.54) is 6.42 Å². The van der Waals surface area contributed by atoms with Crippen LogP contribution in [0.3, 0.4) is 0 Å². The molecule has 1 aromatic rings. The van der Waals surface area contributed by atoms with Gasteiger partial charge in [-0.25, -0.2) is 0 Å². The first-order valence-electron chi connectivity index (χ1n) is 6.15. The Labute approximate surface area is 107 Å². The summed E-state index contributed by atoms with van der Waals surface area (Å²) in [4.78, 5) is 4.48. The van der Waals surface area contributed by atoms with Gasteiger partial charge >= 0.3 is 0 Å². The number of aromatic nitrogens is 2. The number of hydrogen-bond donors (Lipinski definition) is 1. The highest BCUT2D eigenvalue weighted by Crippen LogP contribution is 2.29. The summed E-state index contributed by atoms with van der Waals surface area (Å²) in [5.41, 5.74) is 0. The van der Waals surface area contributed by atoms with Gasteiger partial charge in [-0.05, 0) is 18.9 Å². The molecule has 0 spiro atoms. The molecule has 1 aliphatic heterocycles. The first kappa shape index (κ1) is 12.9. The van der Waals surface area contributed by atoms with Crippen LogP contribution in [0.15, 0.2) is 4.52 Å². The predicted molar refractivity (Wildman–Crippen MR) is 69.9 cm³/mol. The normalized spacial score (nSPS) is 25.4. The molecule has 1 saturated heterocycles. The molecule has 0 bridgehead atoms. The van der Waals surface area contributed by atoms with Crippen LogP contribution >= 0.6 is 11.8 Å². The van der Waals surface area contributed by atoms with E-state index < -0.39 is 0 Å². The van der Waals surface area contributed by atoms with E-state index >= 15 is 0 Å². The van der Waals surface area contributed by atoms with Gasteiger partial charge in [-0.3, -0.25) is 0 Å². The quantitative estimate of drug-likeness (QED) is 0.900. The highest BCUT2D eigenvalue weighted by molar-refractivity contribution is 7.99. The van der Waals surface area contributed by atoms with Gasteiger partial charge in [-0.2, -0.15) is 4.98 Å². The molecule has 0 amide bonds. The zero-order valence-electron chi connectivity index (χ0n) is 11.0. The van der Waals surface area contributed by atoms with Crippen LogP contribution in [0, 0.1) is 5.92 Å². The topological polar surface area (TPSA) is 51.0 Å². The molecule has 2 unspecified atom stereocenters. The van der Waals surface area contributed by atoms with Crippen molar-refractivity contribution in [2.75, 3.05) is 6.54 Å².